The molecule has 0 atom stereocenters. The summed E-state index contributed by atoms with van der Waals surface area (Å²) in [4.78, 5) is 8.52. The standard InChI is InChI=1S/C11H17N5/c1-8(2)14-11-7-10(13-6-4-5-12)15-9(3)16-11/h7-8H,4,6H2,1-3H3,(H2,13,14,15,16). The quantitative estimate of drug-likeness (QED) is 0.740. The van der Waals surface area contributed by atoms with Crippen molar-refractivity contribution in [2.75, 3.05) is 17.2 Å². The summed E-state index contributed by atoms with van der Waals surface area (Å²) < 4.78 is 0. The summed E-state index contributed by atoms with van der Waals surface area (Å²) in [7, 11) is 0. The van der Waals surface area contributed by atoms with Gasteiger partial charge in [0, 0.05) is 18.7 Å². The van der Waals surface area contributed by atoms with E-state index in [0.29, 0.717) is 24.8 Å². The summed E-state index contributed by atoms with van der Waals surface area (Å²) in [5.41, 5.74) is 0. The first-order valence-electron chi connectivity index (χ1n) is 5.35. The Morgan fingerprint density at radius 3 is 2.69 bits per heavy atom. The lowest BCUT2D eigenvalue weighted by Crippen LogP contribution is -2.13. The smallest absolute Gasteiger partial charge is 0.131 e. The molecular formula is C11H17N5. The van der Waals surface area contributed by atoms with E-state index in [1.54, 1.807) is 0 Å². The molecule has 1 rings (SSSR count). The summed E-state index contributed by atoms with van der Waals surface area (Å²) in [5.74, 6) is 2.28. The molecule has 1 aromatic heterocycles. The van der Waals surface area contributed by atoms with Crippen LogP contribution in [-0.2, 0) is 0 Å². The van der Waals surface area contributed by atoms with Crippen LogP contribution in [0.2, 0.25) is 0 Å². The fourth-order valence-electron chi connectivity index (χ4n) is 1.27. The second-order valence-corrected chi connectivity index (χ2v) is 3.82. The van der Waals surface area contributed by atoms with Gasteiger partial charge in [-0.25, -0.2) is 9.97 Å². The normalized spacial score (nSPS) is 9.94. The zero-order valence-electron chi connectivity index (χ0n) is 9.91. The lowest BCUT2D eigenvalue weighted by molar-refractivity contribution is 0.880. The minimum Gasteiger partial charge on any atom is -0.369 e. The molecular weight excluding hydrogens is 202 g/mol. The highest BCUT2D eigenvalue weighted by atomic mass is 15.1. The molecule has 0 spiro atoms. The molecule has 86 valence electrons. The van der Waals surface area contributed by atoms with E-state index in [2.05, 4.69) is 40.5 Å². The molecule has 0 saturated carbocycles. The Morgan fingerprint density at radius 1 is 1.38 bits per heavy atom. The van der Waals surface area contributed by atoms with Crippen molar-refractivity contribution in [2.45, 2.75) is 33.2 Å². The van der Waals surface area contributed by atoms with Gasteiger partial charge in [-0.15, -0.1) is 0 Å². The first-order chi connectivity index (χ1) is 7.61. The number of hydrogen-bond donors (Lipinski definition) is 2. The molecule has 5 nitrogen and oxygen atoms in total. The topological polar surface area (TPSA) is 73.6 Å². The van der Waals surface area contributed by atoms with Crippen molar-refractivity contribution in [1.29, 1.82) is 5.26 Å². The van der Waals surface area contributed by atoms with Crippen LogP contribution in [0.25, 0.3) is 0 Å². The van der Waals surface area contributed by atoms with E-state index in [-0.39, 0.29) is 0 Å². The third-order valence-corrected chi connectivity index (χ3v) is 1.82. The number of anilines is 2. The largest absolute Gasteiger partial charge is 0.369 e. The van der Waals surface area contributed by atoms with Gasteiger partial charge in [-0.3, -0.25) is 0 Å². The number of nitrogens with one attached hydrogen (secondary N) is 2. The van der Waals surface area contributed by atoms with Crippen molar-refractivity contribution in [3.05, 3.63) is 11.9 Å². The zero-order chi connectivity index (χ0) is 12.0. The number of nitriles is 1. The van der Waals surface area contributed by atoms with Crippen molar-refractivity contribution in [1.82, 2.24) is 9.97 Å². The fraction of sp³-hybridized carbons (Fsp3) is 0.545. The number of aryl methyl sites for hydroxylation is 1. The fourth-order valence-corrected chi connectivity index (χ4v) is 1.27. The summed E-state index contributed by atoms with van der Waals surface area (Å²) >= 11 is 0. The van der Waals surface area contributed by atoms with Gasteiger partial charge in [-0.2, -0.15) is 5.26 Å². The van der Waals surface area contributed by atoms with Gasteiger partial charge in [-0.1, -0.05) is 0 Å². The summed E-state index contributed by atoms with van der Waals surface area (Å²) in [6.45, 7) is 6.56. The Bertz CT molecular complexity index is 380. The predicted octanol–water partition coefficient (Wildman–Crippen LogP) is 1.93. The molecule has 16 heavy (non-hydrogen) atoms. The second-order valence-electron chi connectivity index (χ2n) is 3.82. The highest BCUT2D eigenvalue weighted by Gasteiger charge is 2.02. The molecule has 1 aromatic rings. The van der Waals surface area contributed by atoms with Gasteiger partial charge in [-0.05, 0) is 20.8 Å². The minimum absolute atomic E-state index is 0.334. The molecule has 1 heterocycles. The number of hydrogen-bond acceptors (Lipinski definition) is 5. The molecule has 0 radical (unpaired) electrons. The van der Waals surface area contributed by atoms with E-state index in [0.717, 1.165) is 11.6 Å². The third kappa shape index (κ3) is 4.13. The lowest BCUT2D eigenvalue weighted by Gasteiger charge is -2.11. The molecule has 0 aromatic carbocycles. The predicted molar refractivity (Wildman–Crippen MR) is 64.2 cm³/mol. The third-order valence-electron chi connectivity index (χ3n) is 1.82. The maximum Gasteiger partial charge on any atom is 0.131 e. The van der Waals surface area contributed by atoms with E-state index in [4.69, 9.17) is 5.26 Å². The number of aromatic nitrogens is 2. The van der Waals surface area contributed by atoms with E-state index in [1.807, 2.05) is 13.0 Å². The van der Waals surface area contributed by atoms with Crippen LogP contribution >= 0.6 is 0 Å². The Kier molecular flexibility index (Phi) is 4.52. The molecule has 0 bridgehead atoms. The Labute approximate surface area is 95.9 Å². The van der Waals surface area contributed by atoms with Gasteiger partial charge in [0.05, 0.1) is 12.5 Å². The van der Waals surface area contributed by atoms with E-state index in [1.165, 1.54) is 0 Å². The molecule has 0 saturated heterocycles. The SMILES string of the molecule is Cc1nc(NCCC#N)cc(NC(C)C)n1. The highest BCUT2D eigenvalue weighted by molar-refractivity contribution is 5.47. The van der Waals surface area contributed by atoms with Crippen molar-refractivity contribution >= 4 is 11.6 Å². The van der Waals surface area contributed by atoms with E-state index in [9.17, 15) is 0 Å². The zero-order valence-corrected chi connectivity index (χ0v) is 9.91. The highest BCUT2D eigenvalue weighted by Crippen LogP contribution is 2.11. The monoisotopic (exact) mass is 219 g/mol. The average Bonchev–Trinajstić information content (AvgIpc) is 2.16. The molecule has 0 amide bonds. The van der Waals surface area contributed by atoms with Gasteiger partial charge in [0.25, 0.3) is 0 Å². The Hall–Kier alpha value is -1.83. The first kappa shape index (κ1) is 12.2. The number of nitrogens with zero attached hydrogens (tertiary/aromatic N) is 3. The lowest BCUT2D eigenvalue weighted by atomic mass is 10.4. The van der Waals surface area contributed by atoms with Crippen molar-refractivity contribution in [3.63, 3.8) is 0 Å². The Balaban J connectivity index is 2.70. The molecule has 0 aliphatic heterocycles. The molecule has 0 fully saturated rings. The van der Waals surface area contributed by atoms with Crippen molar-refractivity contribution < 1.29 is 0 Å². The molecule has 5 heteroatoms. The van der Waals surface area contributed by atoms with Crippen LogP contribution in [0, 0.1) is 18.3 Å². The van der Waals surface area contributed by atoms with E-state index >= 15 is 0 Å². The van der Waals surface area contributed by atoms with Crippen LogP contribution in [0.4, 0.5) is 11.6 Å². The first-order valence-corrected chi connectivity index (χ1v) is 5.35. The van der Waals surface area contributed by atoms with Crippen molar-refractivity contribution in [3.8, 4) is 6.07 Å². The van der Waals surface area contributed by atoms with Crippen LogP contribution in [0.3, 0.4) is 0 Å². The molecule has 0 unspecified atom stereocenters. The molecule has 2 N–H and O–H groups in total. The second kappa shape index (κ2) is 5.91. The van der Waals surface area contributed by atoms with Gasteiger partial charge in [0.15, 0.2) is 0 Å². The summed E-state index contributed by atoms with van der Waals surface area (Å²) in [5, 5.41) is 14.7. The van der Waals surface area contributed by atoms with Crippen LogP contribution in [0.15, 0.2) is 6.07 Å². The van der Waals surface area contributed by atoms with Gasteiger partial charge < -0.3 is 10.6 Å². The van der Waals surface area contributed by atoms with Gasteiger partial charge >= 0.3 is 0 Å². The maximum absolute atomic E-state index is 8.44. The average molecular weight is 219 g/mol. The number of rotatable bonds is 5. The minimum atomic E-state index is 0.334. The van der Waals surface area contributed by atoms with Crippen LogP contribution in [0.1, 0.15) is 26.1 Å². The van der Waals surface area contributed by atoms with Gasteiger partial charge in [0.1, 0.15) is 17.5 Å². The molecule has 0 aliphatic carbocycles. The van der Waals surface area contributed by atoms with Crippen LogP contribution < -0.4 is 10.6 Å². The van der Waals surface area contributed by atoms with E-state index < -0.39 is 0 Å². The summed E-state index contributed by atoms with van der Waals surface area (Å²) in [6.07, 6.45) is 0.468. The summed E-state index contributed by atoms with van der Waals surface area (Å²) in [6, 6.07) is 4.26. The van der Waals surface area contributed by atoms with Crippen LogP contribution in [0.5, 0.6) is 0 Å². The van der Waals surface area contributed by atoms with Crippen LogP contribution in [-0.4, -0.2) is 22.6 Å². The Morgan fingerprint density at radius 2 is 2.06 bits per heavy atom. The maximum atomic E-state index is 8.44. The molecule has 0 aliphatic rings. The van der Waals surface area contributed by atoms with Crippen molar-refractivity contribution in [2.24, 2.45) is 0 Å². The van der Waals surface area contributed by atoms with Gasteiger partial charge in [0.2, 0.25) is 0 Å².